The van der Waals surface area contributed by atoms with Crippen molar-refractivity contribution in [1.82, 2.24) is 20.4 Å². The van der Waals surface area contributed by atoms with Crippen molar-refractivity contribution < 1.29 is 9.18 Å². The Bertz CT molecular complexity index is 1180. The van der Waals surface area contributed by atoms with Gasteiger partial charge in [-0.05, 0) is 55.9 Å². The molecule has 2 bridgehead atoms. The lowest BCUT2D eigenvalue weighted by Gasteiger charge is -2.53. The number of carbonyl (C=O) groups excluding carboxylic acids is 1. The fourth-order valence-electron chi connectivity index (χ4n) is 6.64. The van der Waals surface area contributed by atoms with Crippen LogP contribution in [0.1, 0.15) is 48.7 Å². The monoisotopic (exact) mass is 444 g/mol. The molecule has 3 fully saturated rings. The van der Waals surface area contributed by atoms with E-state index in [0.717, 1.165) is 25.7 Å². The van der Waals surface area contributed by atoms with Crippen molar-refractivity contribution in [2.45, 2.75) is 63.2 Å². The zero-order chi connectivity index (χ0) is 22.6. The third-order valence-corrected chi connectivity index (χ3v) is 8.24. The summed E-state index contributed by atoms with van der Waals surface area (Å²) >= 11 is 0. The molecule has 6 heteroatoms. The molecule has 2 aromatic carbocycles. The van der Waals surface area contributed by atoms with Gasteiger partial charge in [0.15, 0.2) is 0 Å². The molecule has 3 aromatic rings. The van der Waals surface area contributed by atoms with Crippen molar-refractivity contribution in [1.29, 1.82) is 0 Å². The number of halogens is 1. The topological polar surface area (TPSA) is 61.0 Å². The van der Waals surface area contributed by atoms with E-state index < -0.39 is 0 Å². The summed E-state index contributed by atoms with van der Waals surface area (Å²) in [6.07, 6.45) is 5.23. The van der Waals surface area contributed by atoms with Crippen molar-refractivity contribution >= 4 is 5.91 Å². The van der Waals surface area contributed by atoms with Crippen molar-refractivity contribution in [3.05, 3.63) is 77.7 Å². The lowest BCUT2D eigenvalue weighted by molar-refractivity contribution is -0.0115. The number of likely N-dealkylation sites (tertiary alicyclic amines) is 1. The van der Waals surface area contributed by atoms with Crippen molar-refractivity contribution in [2.75, 3.05) is 0 Å². The van der Waals surface area contributed by atoms with Crippen LogP contribution in [0.2, 0.25) is 0 Å². The van der Waals surface area contributed by atoms with Crippen molar-refractivity contribution in [3.8, 4) is 11.3 Å². The highest BCUT2D eigenvalue weighted by Gasteiger charge is 2.60. The number of benzene rings is 2. The van der Waals surface area contributed by atoms with Gasteiger partial charge >= 0.3 is 0 Å². The standard InChI is InChI=1S/C27H29FN4O/c1-27-16-22-23(14-17-8-3-2-4-9-17)32(25(27)13-7-12-24(27)29-22)26(33)21-15-20(30-31-21)18-10-5-6-11-19(18)28/h2-6,8-11,15,22-25,29H,7,12-14,16H2,1H3,(H,30,31)/t22-,23+,24-,25+,27-/m0/s1. The molecule has 5 nitrogen and oxygen atoms in total. The number of aromatic amines is 1. The average molecular weight is 445 g/mol. The number of nitrogens with one attached hydrogen (secondary N) is 2. The zero-order valence-electron chi connectivity index (χ0n) is 18.8. The fourth-order valence-corrected chi connectivity index (χ4v) is 6.64. The summed E-state index contributed by atoms with van der Waals surface area (Å²) in [5.74, 6) is -0.371. The summed E-state index contributed by atoms with van der Waals surface area (Å²) in [7, 11) is 0. The third-order valence-electron chi connectivity index (χ3n) is 8.24. The van der Waals surface area contributed by atoms with E-state index in [1.165, 1.54) is 18.1 Å². The van der Waals surface area contributed by atoms with Gasteiger partial charge < -0.3 is 10.2 Å². The number of aromatic nitrogens is 2. The number of hydrogen-bond acceptors (Lipinski definition) is 3. The Morgan fingerprint density at radius 3 is 2.76 bits per heavy atom. The van der Waals surface area contributed by atoms with Crippen molar-refractivity contribution in [3.63, 3.8) is 0 Å². The van der Waals surface area contributed by atoms with E-state index in [1.54, 1.807) is 24.3 Å². The molecule has 0 radical (unpaired) electrons. The van der Waals surface area contributed by atoms with Crippen LogP contribution < -0.4 is 5.32 Å². The number of nitrogens with zero attached hydrogens (tertiary/aromatic N) is 2. The molecule has 2 saturated heterocycles. The molecule has 33 heavy (non-hydrogen) atoms. The van der Waals surface area contributed by atoms with Gasteiger partial charge in [-0.1, -0.05) is 49.4 Å². The second-order valence-electron chi connectivity index (χ2n) is 10.1. The average Bonchev–Trinajstić information content (AvgIpc) is 3.44. The van der Waals surface area contributed by atoms with Crippen molar-refractivity contribution in [2.24, 2.45) is 5.41 Å². The highest BCUT2D eigenvalue weighted by Crippen LogP contribution is 2.52. The SMILES string of the molecule is C[C@]12C[C@@H]3N[C@H]1CCC[C@H]2N(C(=O)c1cc(-c2ccccc2F)n[nH]1)[C@@H]3Cc1ccccc1. The number of piperidine rings is 1. The molecule has 1 saturated carbocycles. The van der Waals surface area contributed by atoms with E-state index in [9.17, 15) is 9.18 Å². The molecule has 1 aliphatic carbocycles. The van der Waals surface area contributed by atoms with Crippen LogP contribution in [0, 0.1) is 11.2 Å². The number of carbonyl (C=O) groups is 1. The Morgan fingerprint density at radius 1 is 1.15 bits per heavy atom. The minimum Gasteiger partial charge on any atom is -0.329 e. The highest BCUT2D eigenvalue weighted by molar-refractivity contribution is 5.94. The minimum absolute atomic E-state index is 0.0312. The normalized spacial score (nSPS) is 30.4. The second kappa shape index (κ2) is 7.80. The van der Waals surface area contributed by atoms with Crippen LogP contribution in [-0.2, 0) is 6.42 Å². The van der Waals surface area contributed by atoms with Gasteiger partial charge in [0.2, 0.25) is 0 Å². The van der Waals surface area contributed by atoms with E-state index in [4.69, 9.17) is 0 Å². The smallest absolute Gasteiger partial charge is 0.272 e. The van der Waals surface area contributed by atoms with Crippen LogP contribution in [0.4, 0.5) is 4.39 Å². The predicted octanol–water partition coefficient (Wildman–Crippen LogP) is 4.57. The van der Waals surface area contributed by atoms with Crippen LogP contribution in [-0.4, -0.2) is 45.2 Å². The Labute approximate surface area is 193 Å². The molecule has 1 aromatic heterocycles. The molecular formula is C27H29FN4O. The Balaban J connectivity index is 1.38. The van der Waals surface area contributed by atoms with E-state index in [1.807, 2.05) is 6.07 Å². The summed E-state index contributed by atoms with van der Waals surface area (Å²) in [4.78, 5) is 16.2. The van der Waals surface area contributed by atoms with Gasteiger partial charge in [-0.25, -0.2) is 4.39 Å². The largest absolute Gasteiger partial charge is 0.329 e. The van der Waals surface area contributed by atoms with Gasteiger partial charge in [-0.2, -0.15) is 5.10 Å². The first kappa shape index (κ1) is 20.6. The number of fused-ring (bicyclic) bond motifs is 1. The van der Waals surface area contributed by atoms with Gasteiger partial charge in [0, 0.05) is 29.1 Å². The summed E-state index contributed by atoms with van der Waals surface area (Å²) < 4.78 is 14.3. The quantitative estimate of drug-likeness (QED) is 0.620. The molecule has 0 spiro atoms. The molecule has 2 aliphatic heterocycles. The van der Waals surface area contributed by atoms with Gasteiger partial charge in [0.05, 0.1) is 11.7 Å². The summed E-state index contributed by atoms with van der Waals surface area (Å²) in [6.45, 7) is 2.35. The van der Waals surface area contributed by atoms with Crippen LogP contribution in [0.25, 0.3) is 11.3 Å². The highest BCUT2D eigenvalue weighted by atomic mass is 19.1. The maximum absolute atomic E-state index is 14.3. The lowest BCUT2D eigenvalue weighted by Crippen LogP contribution is -2.62. The van der Waals surface area contributed by atoms with Gasteiger partial charge in [-0.15, -0.1) is 0 Å². The maximum Gasteiger partial charge on any atom is 0.272 e. The number of H-pyrrole nitrogens is 1. The molecule has 5 atom stereocenters. The number of amides is 1. The van der Waals surface area contributed by atoms with Gasteiger partial charge in [0.1, 0.15) is 11.5 Å². The van der Waals surface area contributed by atoms with Gasteiger partial charge in [0.25, 0.3) is 5.91 Å². The molecular weight excluding hydrogens is 415 g/mol. The molecule has 2 N–H and O–H groups in total. The molecule has 3 heterocycles. The fraction of sp³-hybridized carbons (Fsp3) is 0.407. The summed E-state index contributed by atoms with van der Waals surface area (Å²) in [5, 5.41) is 11.1. The molecule has 3 aliphatic rings. The van der Waals surface area contributed by atoms with E-state index in [2.05, 4.69) is 51.6 Å². The molecule has 1 amide bonds. The first-order valence-electron chi connectivity index (χ1n) is 12.0. The van der Waals surface area contributed by atoms with E-state index >= 15 is 0 Å². The van der Waals surface area contributed by atoms with Crippen LogP contribution in [0.3, 0.4) is 0 Å². The summed E-state index contributed by atoms with van der Waals surface area (Å²) in [5.41, 5.74) is 2.61. The number of rotatable bonds is 4. The Kier molecular flexibility index (Phi) is 4.87. The maximum atomic E-state index is 14.3. The van der Waals surface area contributed by atoms with Crippen LogP contribution in [0.15, 0.2) is 60.7 Å². The Hall–Kier alpha value is -2.99. The van der Waals surface area contributed by atoms with Crippen LogP contribution in [0.5, 0.6) is 0 Å². The van der Waals surface area contributed by atoms with Crippen LogP contribution >= 0.6 is 0 Å². The summed E-state index contributed by atoms with van der Waals surface area (Å²) in [6, 6.07) is 19.7. The second-order valence-corrected chi connectivity index (χ2v) is 10.1. The molecule has 6 rings (SSSR count). The third kappa shape index (κ3) is 3.31. The Morgan fingerprint density at radius 2 is 1.94 bits per heavy atom. The molecule has 170 valence electrons. The zero-order valence-corrected chi connectivity index (χ0v) is 18.8. The van der Waals surface area contributed by atoms with E-state index in [-0.39, 0.29) is 35.3 Å². The number of hydrogen-bond donors (Lipinski definition) is 2. The minimum atomic E-state index is -0.340. The first-order valence-corrected chi connectivity index (χ1v) is 12.0. The van der Waals surface area contributed by atoms with Gasteiger partial charge in [-0.3, -0.25) is 9.89 Å². The predicted molar refractivity (Wildman–Crippen MR) is 125 cm³/mol. The van der Waals surface area contributed by atoms with E-state index in [0.29, 0.717) is 23.0 Å². The molecule has 0 unspecified atom stereocenters. The first-order chi connectivity index (χ1) is 16.0. The lowest BCUT2D eigenvalue weighted by atomic mass is 9.64.